The highest BCUT2D eigenvalue weighted by molar-refractivity contribution is 5.96. The van der Waals surface area contributed by atoms with Gasteiger partial charge in [0.1, 0.15) is 11.7 Å². The molecule has 1 saturated carbocycles. The Hall–Kier alpha value is -3.41. The Morgan fingerprint density at radius 3 is 2.48 bits per heavy atom. The molecule has 46 heavy (non-hydrogen) atoms. The Labute approximate surface area is 272 Å². The number of nitrogens with one attached hydrogen (secondary N) is 3. The van der Waals surface area contributed by atoms with E-state index >= 15 is 0 Å². The van der Waals surface area contributed by atoms with E-state index in [-0.39, 0.29) is 41.6 Å². The number of carbonyl (C=O) groups excluding carboxylic acids is 3. The molecule has 0 unspecified atom stereocenters. The lowest BCUT2D eigenvalue weighted by molar-refractivity contribution is -0.133. The van der Waals surface area contributed by atoms with Crippen molar-refractivity contribution in [1.29, 1.82) is 0 Å². The van der Waals surface area contributed by atoms with E-state index in [9.17, 15) is 19.5 Å². The first-order valence-electron chi connectivity index (χ1n) is 16.8. The lowest BCUT2D eigenvalue weighted by atomic mass is 9.72. The Morgan fingerprint density at radius 2 is 1.80 bits per heavy atom. The molecular formula is C35H50N6O5. The fourth-order valence-electron chi connectivity index (χ4n) is 7.26. The van der Waals surface area contributed by atoms with Crippen molar-refractivity contribution in [2.45, 2.75) is 95.5 Å². The summed E-state index contributed by atoms with van der Waals surface area (Å²) in [6.45, 7) is 7.77. The standard InChI is InChI=1S/C35H50N6O5/c1-35(2,3)40-33(44)29-18-24-11-7-8-12-25(24)20-41(29)21-30(42)27(17-23-9-5-4-6-10-23)38-34(45)31(26-13-16-46-22-26)39-32(43)28-19-36-14-15-37-28/h4-6,9-10,14-15,19,24-27,29-31,42H,7-8,11-13,16-18,20-22H2,1-3H3,(H,38,45)(H,39,43)(H,40,44)/t24-,25+,26-,27-,29-,30+,31-/m0/s1. The van der Waals surface area contributed by atoms with E-state index < -0.39 is 24.1 Å². The van der Waals surface area contributed by atoms with Gasteiger partial charge in [0.15, 0.2) is 0 Å². The zero-order valence-corrected chi connectivity index (χ0v) is 27.4. The van der Waals surface area contributed by atoms with Crippen molar-refractivity contribution in [2.24, 2.45) is 17.8 Å². The van der Waals surface area contributed by atoms with Crippen molar-refractivity contribution in [3.63, 3.8) is 0 Å². The number of hydrogen-bond acceptors (Lipinski definition) is 8. The van der Waals surface area contributed by atoms with Gasteiger partial charge in [-0.3, -0.25) is 24.3 Å². The molecule has 0 radical (unpaired) electrons. The van der Waals surface area contributed by atoms with E-state index in [1.807, 2.05) is 51.1 Å². The van der Waals surface area contributed by atoms with Gasteiger partial charge in [0.2, 0.25) is 11.8 Å². The minimum atomic E-state index is -0.967. The van der Waals surface area contributed by atoms with Crippen LogP contribution in [0.5, 0.6) is 0 Å². The number of amides is 3. The number of nitrogens with zero attached hydrogens (tertiary/aromatic N) is 3. The van der Waals surface area contributed by atoms with Crippen LogP contribution in [-0.4, -0.2) is 93.8 Å². The predicted molar refractivity (Wildman–Crippen MR) is 174 cm³/mol. The quantitative estimate of drug-likeness (QED) is 0.295. The minimum absolute atomic E-state index is 0.0135. The average Bonchev–Trinajstić information content (AvgIpc) is 3.57. The number of carbonyl (C=O) groups is 3. The van der Waals surface area contributed by atoms with Crippen LogP contribution in [0.1, 0.15) is 75.3 Å². The predicted octanol–water partition coefficient (Wildman–Crippen LogP) is 2.50. The number of piperidine rings is 1. The number of aliphatic hydroxyl groups excluding tert-OH is 1. The molecule has 11 heteroatoms. The number of fused-ring (bicyclic) bond motifs is 1. The summed E-state index contributed by atoms with van der Waals surface area (Å²) in [4.78, 5) is 50.9. The largest absolute Gasteiger partial charge is 0.390 e. The third-order valence-corrected chi connectivity index (χ3v) is 9.62. The molecule has 1 aromatic heterocycles. The zero-order valence-electron chi connectivity index (χ0n) is 27.4. The van der Waals surface area contributed by atoms with Gasteiger partial charge < -0.3 is 25.8 Å². The normalized spacial score (nSPS) is 25.5. The van der Waals surface area contributed by atoms with Crippen LogP contribution in [0.25, 0.3) is 0 Å². The van der Waals surface area contributed by atoms with E-state index in [2.05, 4.69) is 30.8 Å². The van der Waals surface area contributed by atoms with E-state index in [0.29, 0.717) is 37.9 Å². The van der Waals surface area contributed by atoms with Gasteiger partial charge in [-0.15, -0.1) is 0 Å². The number of likely N-dealkylation sites (tertiary alicyclic amines) is 1. The van der Waals surface area contributed by atoms with Gasteiger partial charge in [-0.1, -0.05) is 49.6 Å². The van der Waals surface area contributed by atoms with E-state index in [1.54, 1.807) is 0 Å². The summed E-state index contributed by atoms with van der Waals surface area (Å²) in [6.07, 6.45) is 9.74. The first-order valence-corrected chi connectivity index (χ1v) is 16.8. The maximum absolute atomic E-state index is 14.0. The van der Waals surface area contributed by atoms with E-state index in [1.165, 1.54) is 31.4 Å². The van der Waals surface area contributed by atoms with E-state index in [4.69, 9.17) is 4.74 Å². The second-order valence-electron chi connectivity index (χ2n) is 14.3. The number of aromatic nitrogens is 2. The number of rotatable bonds is 11. The second kappa shape index (κ2) is 15.5. The molecule has 7 atom stereocenters. The number of hydrogen-bond donors (Lipinski definition) is 4. The van der Waals surface area contributed by atoms with Crippen molar-refractivity contribution in [3.05, 3.63) is 60.2 Å². The maximum Gasteiger partial charge on any atom is 0.272 e. The van der Waals surface area contributed by atoms with Gasteiger partial charge in [0.25, 0.3) is 5.91 Å². The molecule has 3 amide bonds. The lowest BCUT2D eigenvalue weighted by Gasteiger charge is -2.47. The first-order chi connectivity index (χ1) is 22.1. The van der Waals surface area contributed by atoms with Crippen LogP contribution in [0.4, 0.5) is 0 Å². The van der Waals surface area contributed by atoms with Crippen molar-refractivity contribution in [2.75, 3.05) is 26.3 Å². The summed E-state index contributed by atoms with van der Waals surface area (Å²) in [6, 6.07) is 7.83. The number of β-amino-alcohol motifs (C(OH)–C–C–N with tert-alkyl or cyclic N) is 1. The monoisotopic (exact) mass is 634 g/mol. The summed E-state index contributed by atoms with van der Waals surface area (Å²) in [5.74, 6) is -0.134. The van der Waals surface area contributed by atoms with Crippen molar-refractivity contribution in [1.82, 2.24) is 30.8 Å². The molecule has 4 N–H and O–H groups in total. The molecule has 3 aliphatic rings. The Bertz CT molecular complexity index is 1300. The molecule has 5 rings (SSSR count). The summed E-state index contributed by atoms with van der Waals surface area (Å²) in [5, 5.41) is 21.0. The molecule has 3 fully saturated rings. The Morgan fingerprint density at radius 1 is 1.04 bits per heavy atom. The van der Waals surface area contributed by atoms with Gasteiger partial charge in [0, 0.05) is 43.5 Å². The lowest BCUT2D eigenvalue weighted by Crippen LogP contribution is -2.61. The molecule has 2 aliphatic heterocycles. The summed E-state index contributed by atoms with van der Waals surface area (Å²) >= 11 is 0. The van der Waals surface area contributed by atoms with Crippen LogP contribution in [0, 0.1) is 17.8 Å². The van der Waals surface area contributed by atoms with Crippen LogP contribution >= 0.6 is 0 Å². The topological polar surface area (TPSA) is 146 Å². The van der Waals surface area contributed by atoms with Crippen molar-refractivity contribution < 1.29 is 24.2 Å². The molecule has 0 spiro atoms. The molecule has 1 aliphatic carbocycles. The van der Waals surface area contributed by atoms with Crippen LogP contribution < -0.4 is 16.0 Å². The fraction of sp³-hybridized carbons (Fsp3) is 0.629. The molecule has 250 valence electrons. The van der Waals surface area contributed by atoms with Gasteiger partial charge in [-0.05, 0) is 63.9 Å². The van der Waals surface area contributed by atoms with E-state index in [0.717, 1.165) is 31.4 Å². The molecule has 1 aromatic carbocycles. The zero-order chi connectivity index (χ0) is 32.7. The maximum atomic E-state index is 14.0. The van der Waals surface area contributed by atoms with Crippen LogP contribution in [-0.2, 0) is 20.7 Å². The number of benzene rings is 1. The molecule has 3 heterocycles. The van der Waals surface area contributed by atoms with Gasteiger partial charge >= 0.3 is 0 Å². The van der Waals surface area contributed by atoms with Crippen LogP contribution in [0.15, 0.2) is 48.9 Å². The van der Waals surface area contributed by atoms with Crippen molar-refractivity contribution >= 4 is 17.7 Å². The molecule has 11 nitrogen and oxygen atoms in total. The van der Waals surface area contributed by atoms with Crippen LogP contribution in [0.2, 0.25) is 0 Å². The molecule has 0 bridgehead atoms. The highest BCUT2D eigenvalue weighted by Crippen LogP contribution is 2.39. The molecule has 2 saturated heterocycles. The first kappa shape index (κ1) is 33.9. The average molecular weight is 635 g/mol. The summed E-state index contributed by atoms with van der Waals surface area (Å²) in [7, 11) is 0. The summed E-state index contributed by atoms with van der Waals surface area (Å²) < 4.78 is 5.58. The minimum Gasteiger partial charge on any atom is -0.390 e. The van der Waals surface area contributed by atoms with Gasteiger partial charge in [0.05, 0.1) is 31.0 Å². The van der Waals surface area contributed by atoms with Gasteiger partial charge in [-0.2, -0.15) is 0 Å². The Kier molecular flexibility index (Phi) is 11.4. The summed E-state index contributed by atoms with van der Waals surface area (Å²) in [5.41, 5.74) is 0.707. The third-order valence-electron chi connectivity index (χ3n) is 9.62. The van der Waals surface area contributed by atoms with Gasteiger partial charge in [-0.25, -0.2) is 4.98 Å². The second-order valence-corrected chi connectivity index (χ2v) is 14.3. The number of ether oxygens (including phenoxy) is 1. The number of aliphatic hydroxyl groups is 1. The Balaban J connectivity index is 1.36. The van der Waals surface area contributed by atoms with Crippen molar-refractivity contribution in [3.8, 4) is 0 Å². The smallest absolute Gasteiger partial charge is 0.272 e. The highest BCUT2D eigenvalue weighted by atomic mass is 16.5. The fourth-order valence-corrected chi connectivity index (χ4v) is 7.26. The van der Waals surface area contributed by atoms with Crippen LogP contribution in [0.3, 0.4) is 0 Å². The SMILES string of the molecule is CC(C)(C)NC(=O)[C@@H]1C[C@@H]2CCCC[C@@H]2CN1C[C@@H](O)[C@H](Cc1ccccc1)NC(=O)[C@@H](NC(=O)c1cnccn1)[C@H]1CCOC1. The highest BCUT2D eigenvalue weighted by Gasteiger charge is 2.42. The molecule has 2 aromatic rings. The third kappa shape index (κ3) is 9.11. The molecular weight excluding hydrogens is 584 g/mol.